The van der Waals surface area contributed by atoms with Crippen LogP contribution in [0.1, 0.15) is 52.3 Å². The normalized spacial score (nSPS) is 15.6. The van der Waals surface area contributed by atoms with Crippen molar-refractivity contribution in [3.05, 3.63) is 51.5 Å². The molecule has 3 rings (SSSR count). The molecule has 1 saturated heterocycles. The first-order valence-electron chi connectivity index (χ1n) is 9.47. The van der Waals surface area contributed by atoms with Gasteiger partial charge in [0, 0.05) is 24.9 Å². The summed E-state index contributed by atoms with van der Waals surface area (Å²) in [5, 5.41) is 5.65. The second kappa shape index (κ2) is 9.80. The van der Waals surface area contributed by atoms with E-state index in [9.17, 15) is 4.79 Å². The molecule has 1 aromatic carbocycles. The van der Waals surface area contributed by atoms with Gasteiger partial charge in [-0.1, -0.05) is 37.1 Å². The number of thiazole rings is 1. The minimum Gasteiger partial charge on any atom is -0.347 e. The molecule has 0 radical (unpaired) electrons. The summed E-state index contributed by atoms with van der Waals surface area (Å²) >= 11 is 1.49. The number of carbonyl (C=O) groups excluding carboxylic acids is 1. The van der Waals surface area contributed by atoms with Gasteiger partial charge in [-0.25, -0.2) is 4.98 Å². The Bertz CT molecular complexity index is 690. The Kier molecular flexibility index (Phi) is 7.17. The highest BCUT2D eigenvalue weighted by Crippen LogP contribution is 2.14. The van der Waals surface area contributed by atoms with Crippen molar-refractivity contribution in [1.29, 1.82) is 0 Å². The molecule has 1 aliphatic rings. The Morgan fingerprint density at radius 1 is 1.12 bits per heavy atom. The molecule has 0 saturated carbocycles. The van der Waals surface area contributed by atoms with Gasteiger partial charge in [0.25, 0.3) is 5.91 Å². The van der Waals surface area contributed by atoms with Crippen molar-refractivity contribution in [2.75, 3.05) is 19.6 Å². The van der Waals surface area contributed by atoms with E-state index >= 15 is 0 Å². The fourth-order valence-corrected chi connectivity index (χ4v) is 4.04. The highest BCUT2D eigenvalue weighted by Gasteiger charge is 2.11. The number of benzene rings is 1. The second-order valence-electron chi connectivity index (χ2n) is 6.85. The molecule has 0 unspecified atom stereocenters. The number of amides is 1. The summed E-state index contributed by atoms with van der Waals surface area (Å²) in [5.41, 5.74) is 8.45. The van der Waals surface area contributed by atoms with Crippen molar-refractivity contribution in [2.45, 2.75) is 45.2 Å². The van der Waals surface area contributed by atoms with Gasteiger partial charge in [0.05, 0.1) is 5.01 Å². The van der Waals surface area contributed by atoms with Crippen molar-refractivity contribution in [3.63, 3.8) is 0 Å². The van der Waals surface area contributed by atoms with Crippen LogP contribution in [0.15, 0.2) is 29.6 Å². The van der Waals surface area contributed by atoms with Gasteiger partial charge in [0.1, 0.15) is 5.69 Å². The Morgan fingerprint density at radius 2 is 1.81 bits per heavy atom. The van der Waals surface area contributed by atoms with Crippen LogP contribution in [0, 0.1) is 0 Å². The van der Waals surface area contributed by atoms with E-state index in [0.29, 0.717) is 18.8 Å². The lowest BCUT2D eigenvalue weighted by Crippen LogP contribution is -2.24. The average molecular weight is 373 g/mol. The van der Waals surface area contributed by atoms with E-state index in [-0.39, 0.29) is 5.91 Å². The summed E-state index contributed by atoms with van der Waals surface area (Å²) in [6.07, 6.45) is 6.07. The first kappa shape index (κ1) is 19.0. The number of hydrogen-bond donors (Lipinski definition) is 2. The monoisotopic (exact) mass is 372 g/mol. The summed E-state index contributed by atoms with van der Waals surface area (Å²) < 4.78 is 0. The van der Waals surface area contributed by atoms with Crippen LogP contribution in [0.25, 0.3) is 0 Å². The number of nitrogens with one attached hydrogen (secondary N) is 1. The Morgan fingerprint density at radius 3 is 2.50 bits per heavy atom. The van der Waals surface area contributed by atoms with E-state index in [4.69, 9.17) is 5.73 Å². The van der Waals surface area contributed by atoms with E-state index in [1.807, 2.05) is 0 Å². The van der Waals surface area contributed by atoms with E-state index in [2.05, 4.69) is 39.5 Å². The lowest BCUT2D eigenvalue weighted by Gasteiger charge is -2.19. The maximum Gasteiger partial charge on any atom is 0.271 e. The molecule has 0 aliphatic carbocycles. The van der Waals surface area contributed by atoms with Gasteiger partial charge in [0.2, 0.25) is 0 Å². The Labute approximate surface area is 159 Å². The van der Waals surface area contributed by atoms with Crippen molar-refractivity contribution in [3.8, 4) is 0 Å². The number of likely N-dealkylation sites (tertiary alicyclic amines) is 1. The largest absolute Gasteiger partial charge is 0.347 e. The third-order valence-corrected chi connectivity index (χ3v) is 5.63. The van der Waals surface area contributed by atoms with Crippen LogP contribution in [-0.4, -0.2) is 35.4 Å². The molecule has 0 atom stereocenters. The standard InChI is InChI=1S/C20H28N4OS/c21-10-9-19-23-18(15-26-19)20(25)22-13-16-5-7-17(8-6-16)14-24-11-3-1-2-4-12-24/h5-8,15H,1-4,9-14,21H2,(H,22,25). The van der Waals surface area contributed by atoms with Gasteiger partial charge >= 0.3 is 0 Å². The molecule has 1 fully saturated rings. The molecule has 1 aromatic heterocycles. The van der Waals surface area contributed by atoms with Crippen molar-refractivity contribution < 1.29 is 4.79 Å². The van der Waals surface area contributed by atoms with Gasteiger partial charge in [-0.15, -0.1) is 11.3 Å². The van der Waals surface area contributed by atoms with Crippen molar-refractivity contribution in [2.24, 2.45) is 5.73 Å². The van der Waals surface area contributed by atoms with Crippen LogP contribution in [0.5, 0.6) is 0 Å². The number of nitrogens with zero attached hydrogens (tertiary/aromatic N) is 2. The maximum absolute atomic E-state index is 12.2. The van der Waals surface area contributed by atoms with Crippen molar-refractivity contribution in [1.82, 2.24) is 15.2 Å². The molecule has 1 aliphatic heterocycles. The number of aromatic nitrogens is 1. The average Bonchev–Trinajstić information content (AvgIpc) is 2.97. The van der Waals surface area contributed by atoms with Gasteiger partial charge < -0.3 is 11.1 Å². The fraction of sp³-hybridized carbons (Fsp3) is 0.500. The molecular weight excluding hydrogens is 344 g/mol. The number of hydrogen-bond acceptors (Lipinski definition) is 5. The third-order valence-electron chi connectivity index (χ3n) is 4.72. The second-order valence-corrected chi connectivity index (χ2v) is 7.80. The lowest BCUT2D eigenvalue weighted by atomic mass is 10.1. The molecule has 1 amide bonds. The summed E-state index contributed by atoms with van der Waals surface area (Å²) in [7, 11) is 0. The molecule has 2 heterocycles. The van der Waals surface area contributed by atoms with Crippen LogP contribution in [-0.2, 0) is 19.5 Å². The molecule has 0 bridgehead atoms. The fourth-order valence-electron chi connectivity index (χ4n) is 3.24. The smallest absolute Gasteiger partial charge is 0.271 e. The number of nitrogens with two attached hydrogens (primary N) is 1. The Balaban J connectivity index is 1.48. The molecule has 0 spiro atoms. The molecule has 3 N–H and O–H groups in total. The SMILES string of the molecule is NCCc1nc(C(=O)NCc2ccc(CN3CCCCCC3)cc2)cs1. The molecule has 2 aromatic rings. The summed E-state index contributed by atoms with van der Waals surface area (Å²) in [6, 6.07) is 8.56. The quantitative estimate of drug-likeness (QED) is 0.784. The third kappa shape index (κ3) is 5.62. The minimum absolute atomic E-state index is 0.127. The predicted octanol–water partition coefficient (Wildman–Crippen LogP) is 2.95. The number of rotatable bonds is 7. The summed E-state index contributed by atoms with van der Waals surface area (Å²) in [6.45, 7) is 4.51. The molecule has 5 nitrogen and oxygen atoms in total. The highest BCUT2D eigenvalue weighted by atomic mass is 32.1. The highest BCUT2D eigenvalue weighted by molar-refractivity contribution is 7.09. The zero-order valence-corrected chi connectivity index (χ0v) is 16.1. The van der Waals surface area contributed by atoms with Gasteiger partial charge in [0.15, 0.2) is 0 Å². The van der Waals surface area contributed by atoms with Gasteiger partial charge in [-0.2, -0.15) is 0 Å². The van der Waals surface area contributed by atoms with Crippen molar-refractivity contribution >= 4 is 17.2 Å². The van der Waals surface area contributed by atoms with Gasteiger partial charge in [-0.05, 0) is 43.6 Å². The minimum atomic E-state index is -0.127. The van der Waals surface area contributed by atoms with E-state index in [1.54, 1.807) is 5.38 Å². The first-order valence-corrected chi connectivity index (χ1v) is 10.4. The van der Waals surface area contributed by atoms with Crippen LogP contribution < -0.4 is 11.1 Å². The maximum atomic E-state index is 12.2. The molecular formula is C20H28N4OS. The lowest BCUT2D eigenvalue weighted by molar-refractivity contribution is 0.0946. The first-order chi connectivity index (χ1) is 12.7. The van der Waals surface area contributed by atoms with E-state index in [1.165, 1.54) is 55.7 Å². The van der Waals surface area contributed by atoms with E-state index < -0.39 is 0 Å². The number of carbonyl (C=O) groups is 1. The van der Waals surface area contributed by atoms with E-state index in [0.717, 1.165) is 23.5 Å². The Hall–Kier alpha value is -1.76. The summed E-state index contributed by atoms with van der Waals surface area (Å²) in [4.78, 5) is 19.1. The van der Waals surface area contributed by atoms with Crippen LogP contribution >= 0.6 is 11.3 Å². The predicted molar refractivity (Wildman–Crippen MR) is 106 cm³/mol. The zero-order chi connectivity index (χ0) is 18.2. The van der Waals surface area contributed by atoms with Crippen LogP contribution in [0.2, 0.25) is 0 Å². The van der Waals surface area contributed by atoms with Crippen LogP contribution in [0.3, 0.4) is 0 Å². The van der Waals surface area contributed by atoms with Crippen LogP contribution in [0.4, 0.5) is 0 Å². The molecule has 140 valence electrons. The topological polar surface area (TPSA) is 71.2 Å². The molecule has 6 heteroatoms. The van der Waals surface area contributed by atoms with Gasteiger partial charge in [-0.3, -0.25) is 9.69 Å². The molecule has 26 heavy (non-hydrogen) atoms. The summed E-state index contributed by atoms with van der Waals surface area (Å²) in [5.74, 6) is -0.127. The zero-order valence-electron chi connectivity index (χ0n) is 15.2.